The number of azo groups is 1. The maximum Gasteiger partial charge on any atom is 0.320 e. The minimum Gasteiger partial charge on any atom is -0.480 e. The van der Waals surface area contributed by atoms with E-state index >= 15 is 0 Å². The molecule has 0 radical (unpaired) electrons. The van der Waals surface area contributed by atoms with Crippen molar-refractivity contribution in [2.75, 3.05) is 6.54 Å². The van der Waals surface area contributed by atoms with Crippen LogP contribution in [0.15, 0.2) is 10.2 Å². The predicted octanol–water partition coefficient (Wildman–Crippen LogP) is 1.33. The third-order valence-corrected chi connectivity index (χ3v) is 2.23. The van der Waals surface area contributed by atoms with E-state index in [1.54, 1.807) is 0 Å². The van der Waals surface area contributed by atoms with Crippen molar-refractivity contribution in [3.8, 4) is 0 Å². The number of aliphatic carboxylic acids is 1. The summed E-state index contributed by atoms with van der Waals surface area (Å²) in [5.41, 5.74) is 5.31. The summed E-state index contributed by atoms with van der Waals surface area (Å²) in [6.07, 6.45) is 2.55. The smallest absolute Gasteiger partial charge is 0.320 e. The molecule has 0 saturated carbocycles. The number of thiocarbonyl (C=S) groups is 1. The zero-order valence-corrected chi connectivity index (χ0v) is 10.4. The van der Waals surface area contributed by atoms with Gasteiger partial charge in [0.25, 0.3) is 5.91 Å². The number of unbranched alkanes of at least 4 members (excludes halogenated alkanes) is 1. The second-order valence-electron chi connectivity index (χ2n) is 3.50. The fourth-order valence-electron chi connectivity index (χ4n) is 1.03. The Labute approximate surface area is 105 Å². The van der Waals surface area contributed by atoms with Gasteiger partial charge in [-0.1, -0.05) is 12.2 Å². The van der Waals surface area contributed by atoms with Gasteiger partial charge in [-0.15, -0.1) is 5.11 Å². The molecule has 6 nitrogen and oxygen atoms in total. The summed E-state index contributed by atoms with van der Waals surface area (Å²) in [4.78, 5) is 21.4. The number of nitrogens with two attached hydrogens (primary N) is 1. The van der Waals surface area contributed by atoms with Crippen LogP contribution >= 0.6 is 12.2 Å². The molecule has 0 aliphatic heterocycles. The van der Waals surface area contributed by atoms with E-state index in [-0.39, 0.29) is 12.3 Å². The van der Waals surface area contributed by atoms with Gasteiger partial charge in [0.05, 0.1) is 6.54 Å². The van der Waals surface area contributed by atoms with E-state index in [0.29, 0.717) is 32.2 Å². The molecule has 96 valence electrons. The highest BCUT2D eigenvalue weighted by atomic mass is 32.1. The highest BCUT2D eigenvalue weighted by molar-refractivity contribution is 7.78. The summed E-state index contributed by atoms with van der Waals surface area (Å²) in [6.45, 7) is 0.412. The number of carboxylic acids is 1. The summed E-state index contributed by atoms with van der Waals surface area (Å²) in [6, 6.07) is -0.823. The molecule has 0 fully saturated rings. The zero-order valence-electron chi connectivity index (χ0n) is 9.54. The Bertz CT molecular complexity index is 295. The van der Waals surface area contributed by atoms with Gasteiger partial charge >= 0.3 is 5.97 Å². The van der Waals surface area contributed by atoms with Crippen LogP contribution in [0.1, 0.15) is 32.1 Å². The third kappa shape index (κ3) is 9.70. The average molecular weight is 259 g/mol. The van der Waals surface area contributed by atoms with Crippen molar-refractivity contribution in [1.29, 1.82) is 0 Å². The van der Waals surface area contributed by atoms with Crippen molar-refractivity contribution in [2.24, 2.45) is 16.0 Å². The molecular formula is C10H17N3O3S. The Morgan fingerprint density at radius 2 is 2.12 bits per heavy atom. The molecule has 0 aromatic heterocycles. The van der Waals surface area contributed by atoms with Crippen LogP contribution in [0.5, 0.6) is 0 Å². The van der Waals surface area contributed by atoms with Crippen LogP contribution in [-0.4, -0.2) is 34.9 Å². The monoisotopic (exact) mass is 259 g/mol. The Kier molecular flexibility index (Phi) is 9.27. The Hall–Kier alpha value is -1.21. The second-order valence-corrected chi connectivity index (χ2v) is 3.84. The van der Waals surface area contributed by atoms with Crippen LogP contribution in [0.2, 0.25) is 0 Å². The summed E-state index contributed by atoms with van der Waals surface area (Å²) < 4.78 is 0. The van der Waals surface area contributed by atoms with Crippen LogP contribution in [-0.2, 0) is 9.59 Å². The molecule has 17 heavy (non-hydrogen) atoms. The van der Waals surface area contributed by atoms with Gasteiger partial charge in [0.1, 0.15) is 6.04 Å². The number of nitrogens with zero attached hydrogens (tertiary/aromatic N) is 2. The lowest BCUT2D eigenvalue weighted by Crippen LogP contribution is -2.29. The summed E-state index contributed by atoms with van der Waals surface area (Å²) in [7, 11) is 0. The molecule has 1 amide bonds. The number of carbonyl (C=O) groups excluding carboxylic acids is 1. The van der Waals surface area contributed by atoms with Crippen molar-refractivity contribution in [2.45, 2.75) is 38.1 Å². The molecule has 0 bridgehead atoms. The van der Waals surface area contributed by atoms with Crippen molar-refractivity contribution in [1.82, 2.24) is 0 Å². The maximum atomic E-state index is 11.0. The lowest BCUT2D eigenvalue weighted by atomic mass is 10.1. The number of hydrogen-bond acceptors (Lipinski definition) is 5. The van der Waals surface area contributed by atoms with E-state index in [9.17, 15) is 9.59 Å². The SMILES string of the molecule is N[C@@H](CCCCN=NC(=O)CCC=S)C(=O)O. The highest BCUT2D eigenvalue weighted by Gasteiger charge is 2.09. The lowest BCUT2D eigenvalue weighted by Gasteiger charge is -2.03. The topological polar surface area (TPSA) is 105 Å². The van der Waals surface area contributed by atoms with E-state index in [1.165, 1.54) is 5.37 Å². The average Bonchev–Trinajstić information content (AvgIpc) is 2.30. The largest absolute Gasteiger partial charge is 0.480 e. The van der Waals surface area contributed by atoms with E-state index in [2.05, 4.69) is 22.4 Å². The quantitative estimate of drug-likeness (QED) is 0.369. The molecule has 0 aromatic carbocycles. The van der Waals surface area contributed by atoms with E-state index in [0.717, 1.165) is 0 Å². The van der Waals surface area contributed by atoms with Crippen molar-refractivity contribution in [3.63, 3.8) is 0 Å². The van der Waals surface area contributed by atoms with Crippen LogP contribution in [0.4, 0.5) is 0 Å². The van der Waals surface area contributed by atoms with Gasteiger partial charge in [0.15, 0.2) is 0 Å². The van der Waals surface area contributed by atoms with Gasteiger partial charge in [-0.3, -0.25) is 9.59 Å². The van der Waals surface area contributed by atoms with E-state index in [1.807, 2.05) is 0 Å². The Morgan fingerprint density at radius 1 is 1.41 bits per heavy atom. The van der Waals surface area contributed by atoms with Gasteiger partial charge in [-0.2, -0.15) is 5.11 Å². The van der Waals surface area contributed by atoms with Crippen LogP contribution in [0.25, 0.3) is 0 Å². The first-order valence-corrected chi connectivity index (χ1v) is 5.87. The molecule has 0 aromatic rings. The van der Waals surface area contributed by atoms with Gasteiger partial charge in [0.2, 0.25) is 0 Å². The van der Waals surface area contributed by atoms with Gasteiger partial charge in [-0.25, -0.2) is 0 Å². The summed E-state index contributed by atoms with van der Waals surface area (Å²) in [5, 5.41) is 17.2. The number of rotatable bonds is 9. The Balaban J connectivity index is 3.50. The van der Waals surface area contributed by atoms with Crippen LogP contribution in [0.3, 0.4) is 0 Å². The first kappa shape index (κ1) is 15.8. The third-order valence-electron chi connectivity index (χ3n) is 2.00. The number of carbonyl (C=O) groups is 2. The molecule has 7 heteroatoms. The molecule has 0 aliphatic rings. The molecule has 1 atom stereocenters. The maximum absolute atomic E-state index is 11.0. The molecule has 0 saturated heterocycles. The fraction of sp³-hybridized carbons (Fsp3) is 0.700. The van der Waals surface area contributed by atoms with Crippen LogP contribution in [0, 0.1) is 0 Å². The Morgan fingerprint density at radius 3 is 2.71 bits per heavy atom. The van der Waals surface area contributed by atoms with Crippen molar-refractivity contribution in [3.05, 3.63) is 0 Å². The normalized spacial score (nSPS) is 12.5. The second kappa shape index (κ2) is 9.98. The first-order chi connectivity index (χ1) is 8.07. The molecule has 0 unspecified atom stereocenters. The number of hydrogen-bond donors (Lipinski definition) is 2. The predicted molar refractivity (Wildman–Crippen MR) is 67.1 cm³/mol. The minimum absolute atomic E-state index is 0.284. The van der Waals surface area contributed by atoms with Gasteiger partial charge < -0.3 is 10.8 Å². The van der Waals surface area contributed by atoms with Gasteiger partial charge in [-0.05, 0) is 31.1 Å². The summed E-state index contributed by atoms with van der Waals surface area (Å²) >= 11 is 4.58. The lowest BCUT2D eigenvalue weighted by molar-refractivity contribution is -0.138. The van der Waals surface area contributed by atoms with Crippen molar-refractivity contribution < 1.29 is 14.7 Å². The van der Waals surface area contributed by atoms with Gasteiger partial charge in [0, 0.05) is 6.42 Å². The molecule has 0 rings (SSSR count). The molecule has 0 spiro atoms. The summed E-state index contributed by atoms with van der Waals surface area (Å²) in [5.74, 6) is -1.28. The minimum atomic E-state index is -0.998. The molecule has 0 aliphatic carbocycles. The first-order valence-electron chi connectivity index (χ1n) is 5.40. The van der Waals surface area contributed by atoms with E-state index in [4.69, 9.17) is 10.8 Å². The zero-order chi connectivity index (χ0) is 13.1. The molecule has 3 N–H and O–H groups in total. The standard InChI is InChI=1S/C10H17N3O3S/c11-8(10(15)16)4-1-2-6-12-13-9(14)5-3-7-17/h7-8H,1-6,11H2,(H,15,16)/t8-/m0/s1. The molecular weight excluding hydrogens is 242 g/mol. The highest BCUT2D eigenvalue weighted by Crippen LogP contribution is 2.00. The fourth-order valence-corrected chi connectivity index (χ4v) is 1.15. The van der Waals surface area contributed by atoms with E-state index < -0.39 is 12.0 Å². The number of carboxylic acid groups (broad SMARTS) is 1. The van der Waals surface area contributed by atoms with Crippen molar-refractivity contribution >= 4 is 29.5 Å². The number of amides is 1. The molecule has 0 heterocycles. The van der Waals surface area contributed by atoms with Crippen LogP contribution < -0.4 is 5.73 Å².